The number of nitrogens with zero attached hydrogens (tertiary/aromatic N) is 3. The Balaban J connectivity index is 1.66. The van der Waals surface area contributed by atoms with E-state index in [1.165, 1.54) is 12.8 Å². The van der Waals surface area contributed by atoms with Crippen molar-refractivity contribution >= 4 is 11.7 Å². The van der Waals surface area contributed by atoms with E-state index in [1.807, 2.05) is 24.0 Å². The summed E-state index contributed by atoms with van der Waals surface area (Å²) in [5.74, 6) is 0.800. The summed E-state index contributed by atoms with van der Waals surface area (Å²) in [6.45, 7) is 6.45. The van der Waals surface area contributed by atoms with Crippen molar-refractivity contribution in [2.75, 3.05) is 38.0 Å². The van der Waals surface area contributed by atoms with Crippen LogP contribution in [0.15, 0.2) is 18.3 Å². The van der Waals surface area contributed by atoms with Crippen LogP contribution in [0.4, 0.5) is 5.82 Å². The molecule has 0 atom stereocenters. The third-order valence-corrected chi connectivity index (χ3v) is 4.05. The maximum absolute atomic E-state index is 12.6. The molecular weight excluding hydrogens is 252 g/mol. The summed E-state index contributed by atoms with van der Waals surface area (Å²) in [5.41, 5.74) is 0.689. The van der Waals surface area contributed by atoms with Crippen LogP contribution in [0.3, 0.4) is 0 Å². The molecular formula is C15H22N4O. The molecule has 0 unspecified atom stereocenters. The molecule has 2 fully saturated rings. The van der Waals surface area contributed by atoms with E-state index in [4.69, 9.17) is 0 Å². The van der Waals surface area contributed by atoms with Gasteiger partial charge in [0, 0.05) is 45.0 Å². The highest BCUT2D eigenvalue weighted by molar-refractivity contribution is 5.98. The predicted molar refractivity (Wildman–Crippen MR) is 78.9 cm³/mol. The lowest BCUT2D eigenvalue weighted by atomic mass is 10.2. The van der Waals surface area contributed by atoms with Gasteiger partial charge in [0.25, 0.3) is 5.91 Å². The van der Waals surface area contributed by atoms with Crippen LogP contribution in [0.25, 0.3) is 0 Å². The summed E-state index contributed by atoms with van der Waals surface area (Å²) in [5, 5.41) is 3.16. The zero-order valence-corrected chi connectivity index (χ0v) is 12.0. The summed E-state index contributed by atoms with van der Waals surface area (Å²) in [6.07, 6.45) is 4.39. The van der Waals surface area contributed by atoms with Gasteiger partial charge in [-0.25, -0.2) is 4.98 Å². The number of pyridine rings is 1. The topological polar surface area (TPSA) is 48.5 Å². The van der Waals surface area contributed by atoms with E-state index in [1.54, 1.807) is 6.20 Å². The first-order valence-corrected chi connectivity index (χ1v) is 7.52. The zero-order valence-electron chi connectivity index (χ0n) is 12.0. The van der Waals surface area contributed by atoms with Gasteiger partial charge in [-0.2, -0.15) is 0 Å². The van der Waals surface area contributed by atoms with Crippen molar-refractivity contribution in [2.24, 2.45) is 0 Å². The van der Waals surface area contributed by atoms with Crippen molar-refractivity contribution in [3.63, 3.8) is 0 Å². The molecule has 0 spiro atoms. The monoisotopic (exact) mass is 274 g/mol. The highest BCUT2D eigenvalue weighted by Gasteiger charge is 2.32. The Labute approximate surface area is 120 Å². The minimum absolute atomic E-state index is 0.101. The predicted octanol–water partition coefficient (Wildman–Crippen LogP) is 1.43. The van der Waals surface area contributed by atoms with Crippen LogP contribution in [-0.4, -0.2) is 59.5 Å². The number of hydrogen-bond acceptors (Lipinski definition) is 4. The molecule has 1 aliphatic carbocycles. The van der Waals surface area contributed by atoms with E-state index in [-0.39, 0.29) is 5.91 Å². The quantitative estimate of drug-likeness (QED) is 0.902. The minimum Gasteiger partial charge on any atom is -0.370 e. The first kappa shape index (κ1) is 13.4. The molecule has 108 valence electrons. The average Bonchev–Trinajstić information content (AvgIpc) is 3.32. The van der Waals surface area contributed by atoms with Gasteiger partial charge in [0.1, 0.15) is 5.82 Å². The number of carbonyl (C=O) groups excluding carboxylic acids is 1. The standard InChI is InChI=1S/C15H22N4O/c1-2-16-14-13(4-3-7-17-14)15(20)19-10-8-18(9-11-19)12-5-6-12/h3-4,7,12H,2,5-6,8-11H2,1H3,(H,16,17). The fourth-order valence-corrected chi connectivity index (χ4v) is 2.79. The van der Waals surface area contributed by atoms with E-state index in [9.17, 15) is 4.79 Å². The van der Waals surface area contributed by atoms with Crippen LogP contribution in [0.5, 0.6) is 0 Å². The van der Waals surface area contributed by atoms with Gasteiger partial charge in [0.05, 0.1) is 5.56 Å². The van der Waals surface area contributed by atoms with Crippen molar-refractivity contribution in [1.29, 1.82) is 0 Å². The molecule has 1 aromatic heterocycles. The van der Waals surface area contributed by atoms with Crippen molar-refractivity contribution in [1.82, 2.24) is 14.8 Å². The number of carbonyl (C=O) groups is 1. The first-order chi connectivity index (χ1) is 9.79. The van der Waals surface area contributed by atoms with E-state index in [0.29, 0.717) is 11.4 Å². The fourth-order valence-electron chi connectivity index (χ4n) is 2.79. The number of rotatable bonds is 4. The van der Waals surface area contributed by atoms with Gasteiger partial charge in [-0.05, 0) is 31.9 Å². The van der Waals surface area contributed by atoms with Crippen LogP contribution in [0.1, 0.15) is 30.1 Å². The van der Waals surface area contributed by atoms with Gasteiger partial charge in [-0.1, -0.05) is 0 Å². The summed E-state index contributed by atoms with van der Waals surface area (Å²) in [7, 11) is 0. The Kier molecular flexibility index (Phi) is 3.87. The number of nitrogens with one attached hydrogen (secondary N) is 1. The second-order valence-corrected chi connectivity index (χ2v) is 5.49. The average molecular weight is 274 g/mol. The second-order valence-electron chi connectivity index (χ2n) is 5.49. The Hall–Kier alpha value is -1.62. The van der Waals surface area contributed by atoms with Crippen molar-refractivity contribution < 1.29 is 4.79 Å². The Morgan fingerprint density at radius 3 is 2.75 bits per heavy atom. The largest absolute Gasteiger partial charge is 0.370 e. The molecule has 1 aliphatic heterocycles. The molecule has 1 aromatic rings. The molecule has 5 nitrogen and oxygen atoms in total. The number of amides is 1. The molecule has 20 heavy (non-hydrogen) atoms. The van der Waals surface area contributed by atoms with Crippen LogP contribution < -0.4 is 5.32 Å². The molecule has 1 saturated carbocycles. The molecule has 3 rings (SSSR count). The summed E-state index contributed by atoms with van der Waals surface area (Å²) in [4.78, 5) is 21.4. The Morgan fingerprint density at radius 1 is 1.35 bits per heavy atom. The maximum atomic E-state index is 12.6. The maximum Gasteiger partial charge on any atom is 0.257 e. The summed E-state index contributed by atoms with van der Waals surface area (Å²) in [6, 6.07) is 4.48. The smallest absolute Gasteiger partial charge is 0.257 e. The zero-order chi connectivity index (χ0) is 13.9. The lowest BCUT2D eigenvalue weighted by Crippen LogP contribution is -2.49. The molecule has 0 bridgehead atoms. The van der Waals surface area contributed by atoms with Crippen LogP contribution >= 0.6 is 0 Å². The van der Waals surface area contributed by atoms with Gasteiger partial charge in [0.15, 0.2) is 0 Å². The third-order valence-electron chi connectivity index (χ3n) is 4.05. The molecule has 1 N–H and O–H groups in total. The van der Waals surface area contributed by atoms with Crippen molar-refractivity contribution in [2.45, 2.75) is 25.8 Å². The van der Waals surface area contributed by atoms with E-state index in [0.717, 1.165) is 38.8 Å². The summed E-state index contributed by atoms with van der Waals surface area (Å²) >= 11 is 0. The number of hydrogen-bond donors (Lipinski definition) is 1. The highest BCUT2D eigenvalue weighted by Crippen LogP contribution is 2.27. The van der Waals surface area contributed by atoms with Crippen LogP contribution in [-0.2, 0) is 0 Å². The number of aromatic nitrogens is 1. The van der Waals surface area contributed by atoms with Gasteiger partial charge in [-0.15, -0.1) is 0 Å². The van der Waals surface area contributed by atoms with Crippen molar-refractivity contribution in [3.8, 4) is 0 Å². The SMILES string of the molecule is CCNc1ncccc1C(=O)N1CCN(C2CC2)CC1. The Morgan fingerprint density at radius 2 is 2.10 bits per heavy atom. The van der Waals surface area contributed by atoms with Gasteiger partial charge in [0.2, 0.25) is 0 Å². The molecule has 1 saturated heterocycles. The Bertz CT molecular complexity index is 479. The lowest BCUT2D eigenvalue weighted by molar-refractivity contribution is 0.0628. The van der Waals surface area contributed by atoms with Gasteiger partial charge < -0.3 is 10.2 Å². The second kappa shape index (κ2) is 5.79. The van der Waals surface area contributed by atoms with Crippen LogP contribution in [0.2, 0.25) is 0 Å². The molecule has 2 heterocycles. The molecule has 2 aliphatic rings. The molecule has 0 radical (unpaired) electrons. The third kappa shape index (κ3) is 2.77. The van der Waals surface area contributed by atoms with Crippen molar-refractivity contribution in [3.05, 3.63) is 23.9 Å². The number of piperazine rings is 1. The fraction of sp³-hybridized carbons (Fsp3) is 0.600. The number of anilines is 1. The lowest BCUT2D eigenvalue weighted by Gasteiger charge is -2.35. The normalized spacial score (nSPS) is 19.9. The van der Waals surface area contributed by atoms with E-state index < -0.39 is 0 Å². The van der Waals surface area contributed by atoms with E-state index >= 15 is 0 Å². The highest BCUT2D eigenvalue weighted by atomic mass is 16.2. The van der Waals surface area contributed by atoms with E-state index in [2.05, 4.69) is 15.2 Å². The minimum atomic E-state index is 0.101. The van der Waals surface area contributed by atoms with Gasteiger partial charge in [-0.3, -0.25) is 9.69 Å². The van der Waals surface area contributed by atoms with Gasteiger partial charge >= 0.3 is 0 Å². The van der Waals surface area contributed by atoms with Crippen LogP contribution in [0, 0.1) is 0 Å². The molecule has 5 heteroatoms. The summed E-state index contributed by atoms with van der Waals surface area (Å²) < 4.78 is 0. The first-order valence-electron chi connectivity index (χ1n) is 7.52. The molecule has 1 amide bonds. The molecule has 0 aromatic carbocycles.